The standard InChI is InChI=1S/C8H11ClN2O5S2/c1-2-16-4-3-10-18(14,15)7-5-6(11(12)13)8(9)17-7/h5,10H,2-4H2,1H3. The van der Waals surface area contributed by atoms with Crippen LogP contribution in [-0.4, -0.2) is 33.1 Å². The summed E-state index contributed by atoms with van der Waals surface area (Å²) < 4.78 is 30.4. The zero-order valence-electron chi connectivity index (χ0n) is 9.38. The molecule has 0 radical (unpaired) electrons. The van der Waals surface area contributed by atoms with Crippen LogP contribution >= 0.6 is 22.9 Å². The molecular weight excluding hydrogens is 304 g/mol. The van der Waals surface area contributed by atoms with Crippen LogP contribution in [0.4, 0.5) is 5.69 Å². The number of nitrogens with zero attached hydrogens (tertiary/aromatic N) is 1. The Balaban J connectivity index is 2.79. The molecule has 1 aromatic rings. The summed E-state index contributed by atoms with van der Waals surface area (Å²) in [4.78, 5) is 9.83. The van der Waals surface area contributed by atoms with E-state index in [1.807, 2.05) is 0 Å². The zero-order valence-corrected chi connectivity index (χ0v) is 11.8. The van der Waals surface area contributed by atoms with Gasteiger partial charge < -0.3 is 4.74 Å². The lowest BCUT2D eigenvalue weighted by molar-refractivity contribution is -0.384. The molecule has 102 valence electrons. The maximum Gasteiger partial charge on any atom is 0.300 e. The molecule has 0 bridgehead atoms. The fourth-order valence-electron chi connectivity index (χ4n) is 1.06. The van der Waals surface area contributed by atoms with Crippen LogP contribution in [0.5, 0.6) is 0 Å². The van der Waals surface area contributed by atoms with Crippen LogP contribution in [0.1, 0.15) is 6.92 Å². The topological polar surface area (TPSA) is 98.5 Å². The monoisotopic (exact) mass is 314 g/mol. The van der Waals surface area contributed by atoms with E-state index < -0.39 is 20.6 Å². The molecule has 0 fully saturated rings. The molecule has 7 nitrogen and oxygen atoms in total. The minimum Gasteiger partial charge on any atom is -0.380 e. The second kappa shape index (κ2) is 6.43. The van der Waals surface area contributed by atoms with Gasteiger partial charge in [-0.05, 0) is 6.92 Å². The molecule has 0 spiro atoms. The number of halogens is 1. The van der Waals surface area contributed by atoms with E-state index in [2.05, 4.69) is 4.72 Å². The normalized spacial score (nSPS) is 11.7. The Labute approximate surface area is 113 Å². The van der Waals surface area contributed by atoms with Gasteiger partial charge in [0.15, 0.2) is 4.34 Å². The fourth-order valence-corrected chi connectivity index (χ4v) is 3.78. The SMILES string of the molecule is CCOCCNS(=O)(=O)c1cc([N+](=O)[O-])c(Cl)s1. The summed E-state index contributed by atoms with van der Waals surface area (Å²) in [5.74, 6) is 0. The summed E-state index contributed by atoms with van der Waals surface area (Å²) in [7, 11) is -3.78. The van der Waals surface area contributed by atoms with E-state index in [0.717, 1.165) is 6.07 Å². The van der Waals surface area contributed by atoms with E-state index in [-0.39, 0.29) is 21.7 Å². The van der Waals surface area contributed by atoms with Crippen LogP contribution in [0.3, 0.4) is 0 Å². The van der Waals surface area contributed by atoms with Crippen LogP contribution in [0, 0.1) is 10.1 Å². The van der Waals surface area contributed by atoms with Crippen LogP contribution in [0.15, 0.2) is 10.3 Å². The minimum atomic E-state index is -3.78. The lowest BCUT2D eigenvalue weighted by Crippen LogP contribution is -2.26. The van der Waals surface area contributed by atoms with E-state index in [1.165, 1.54) is 0 Å². The average Bonchev–Trinajstić information content (AvgIpc) is 2.68. The molecule has 1 rings (SSSR count). The van der Waals surface area contributed by atoms with E-state index in [0.29, 0.717) is 17.9 Å². The number of nitro groups is 1. The number of hydrogen-bond acceptors (Lipinski definition) is 6. The highest BCUT2D eigenvalue weighted by Crippen LogP contribution is 2.35. The number of thiophene rings is 1. The first kappa shape index (κ1) is 15.3. The third-order valence-corrected chi connectivity index (χ3v) is 5.12. The van der Waals surface area contributed by atoms with Crippen molar-refractivity contribution in [2.24, 2.45) is 0 Å². The summed E-state index contributed by atoms with van der Waals surface area (Å²) in [6.07, 6.45) is 0. The van der Waals surface area contributed by atoms with Crippen molar-refractivity contribution in [2.45, 2.75) is 11.1 Å². The molecule has 0 saturated carbocycles. The molecular formula is C8H11ClN2O5S2. The molecule has 0 aromatic carbocycles. The third kappa shape index (κ3) is 3.89. The zero-order chi connectivity index (χ0) is 13.8. The van der Waals surface area contributed by atoms with Crippen LogP contribution < -0.4 is 4.72 Å². The molecule has 0 aliphatic carbocycles. The van der Waals surface area contributed by atoms with Crippen molar-refractivity contribution >= 4 is 38.6 Å². The smallest absolute Gasteiger partial charge is 0.300 e. The summed E-state index contributed by atoms with van der Waals surface area (Å²) in [6.45, 7) is 2.60. The Kier molecular flexibility index (Phi) is 5.47. The first-order valence-electron chi connectivity index (χ1n) is 4.89. The Bertz CT molecular complexity index is 528. The molecule has 18 heavy (non-hydrogen) atoms. The average molecular weight is 315 g/mol. The molecule has 0 aliphatic rings. The predicted octanol–water partition coefficient (Wildman–Crippen LogP) is 1.62. The Hall–Kier alpha value is -0.740. The van der Waals surface area contributed by atoms with Gasteiger partial charge in [-0.1, -0.05) is 11.6 Å². The fraction of sp³-hybridized carbons (Fsp3) is 0.500. The molecule has 1 N–H and O–H groups in total. The van der Waals surface area contributed by atoms with Crippen LogP contribution in [-0.2, 0) is 14.8 Å². The molecule has 0 atom stereocenters. The summed E-state index contributed by atoms with van der Waals surface area (Å²) in [6, 6.07) is 0.940. The molecule has 1 heterocycles. The largest absolute Gasteiger partial charge is 0.380 e. The Morgan fingerprint density at radius 3 is 2.78 bits per heavy atom. The van der Waals surface area contributed by atoms with Gasteiger partial charge in [-0.25, -0.2) is 13.1 Å². The molecule has 0 unspecified atom stereocenters. The molecule has 0 amide bonds. The lowest BCUT2D eigenvalue weighted by Gasteiger charge is -2.03. The quantitative estimate of drug-likeness (QED) is 0.468. The van der Waals surface area contributed by atoms with Gasteiger partial charge in [0.05, 0.1) is 11.5 Å². The maximum atomic E-state index is 11.7. The number of hydrogen-bond donors (Lipinski definition) is 1. The third-order valence-electron chi connectivity index (χ3n) is 1.85. The van der Waals surface area contributed by atoms with Gasteiger partial charge in [0.2, 0.25) is 10.0 Å². The van der Waals surface area contributed by atoms with E-state index in [4.69, 9.17) is 16.3 Å². The second-order valence-electron chi connectivity index (χ2n) is 3.08. The minimum absolute atomic E-state index is 0.0967. The molecule has 0 aliphatic heterocycles. The predicted molar refractivity (Wildman–Crippen MR) is 67.7 cm³/mol. The van der Waals surface area contributed by atoms with Gasteiger partial charge in [-0.3, -0.25) is 10.1 Å². The first-order valence-corrected chi connectivity index (χ1v) is 7.57. The number of ether oxygens (including phenoxy) is 1. The van der Waals surface area contributed by atoms with Crippen molar-refractivity contribution in [2.75, 3.05) is 19.8 Å². The van der Waals surface area contributed by atoms with Gasteiger partial charge in [0, 0.05) is 19.2 Å². The molecule has 10 heteroatoms. The Morgan fingerprint density at radius 2 is 2.28 bits per heavy atom. The number of nitrogens with one attached hydrogen (secondary N) is 1. The highest BCUT2D eigenvalue weighted by atomic mass is 35.5. The van der Waals surface area contributed by atoms with Gasteiger partial charge in [0.25, 0.3) is 5.69 Å². The van der Waals surface area contributed by atoms with E-state index in [9.17, 15) is 18.5 Å². The molecule has 0 saturated heterocycles. The first-order chi connectivity index (χ1) is 8.38. The number of rotatable bonds is 7. The Morgan fingerprint density at radius 1 is 1.61 bits per heavy atom. The van der Waals surface area contributed by atoms with Gasteiger partial charge >= 0.3 is 0 Å². The van der Waals surface area contributed by atoms with Crippen molar-refractivity contribution in [3.05, 3.63) is 20.5 Å². The van der Waals surface area contributed by atoms with Gasteiger partial charge in [-0.2, -0.15) is 0 Å². The molecule has 1 aromatic heterocycles. The highest BCUT2D eigenvalue weighted by Gasteiger charge is 2.24. The number of sulfonamides is 1. The maximum absolute atomic E-state index is 11.7. The van der Waals surface area contributed by atoms with Crippen LogP contribution in [0.25, 0.3) is 0 Å². The van der Waals surface area contributed by atoms with Crippen LogP contribution in [0.2, 0.25) is 4.34 Å². The van der Waals surface area contributed by atoms with Crippen molar-refractivity contribution in [3.63, 3.8) is 0 Å². The summed E-state index contributed by atoms with van der Waals surface area (Å²) in [5.41, 5.74) is -0.410. The summed E-state index contributed by atoms with van der Waals surface area (Å²) >= 11 is 6.24. The van der Waals surface area contributed by atoms with Crippen molar-refractivity contribution in [3.8, 4) is 0 Å². The lowest BCUT2D eigenvalue weighted by atomic mass is 10.6. The van der Waals surface area contributed by atoms with Crippen molar-refractivity contribution < 1.29 is 18.1 Å². The second-order valence-corrected chi connectivity index (χ2v) is 6.72. The van der Waals surface area contributed by atoms with Crippen molar-refractivity contribution in [1.29, 1.82) is 0 Å². The van der Waals surface area contributed by atoms with Gasteiger partial charge in [0.1, 0.15) is 4.21 Å². The van der Waals surface area contributed by atoms with Crippen molar-refractivity contribution in [1.82, 2.24) is 4.72 Å². The van der Waals surface area contributed by atoms with E-state index >= 15 is 0 Å². The highest BCUT2D eigenvalue weighted by molar-refractivity contribution is 7.91. The van der Waals surface area contributed by atoms with Gasteiger partial charge in [-0.15, -0.1) is 11.3 Å². The summed E-state index contributed by atoms with van der Waals surface area (Å²) in [5, 5.41) is 10.6. The van der Waals surface area contributed by atoms with E-state index in [1.54, 1.807) is 6.92 Å².